The SMILES string of the molecule is Cc1ccc(C(=O)Nc2ccc(NC(=O)c3ccco3)cc2)cc1F. The third-order valence-electron chi connectivity index (χ3n) is 3.58. The van der Waals surface area contributed by atoms with Crippen molar-refractivity contribution in [3.05, 3.63) is 83.6 Å². The van der Waals surface area contributed by atoms with E-state index in [1.165, 1.54) is 12.3 Å². The molecule has 5 nitrogen and oxygen atoms in total. The van der Waals surface area contributed by atoms with Crippen molar-refractivity contribution in [3.8, 4) is 0 Å². The van der Waals surface area contributed by atoms with Crippen molar-refractivity contribution in [1.82, 2.24) is 0 Å². The number of benzene rings is 2. The lowest BCUT2D eigenvalue weighted by molar-refractivity contribution is 0.0994. The van der Waals surface area contributed by atoms with E-state index in [2.05, 4.69) is 10.6 Å². The topological polar surface area (TPSA) is 71.3 Å². The van der Waals surface area contributed by atoms with E-state index in [0.29, 0.717) is 16.9 Å². The van der Waals surface area contributed by atoms with Gasteiger partial charge in [-0.25, -0.2) is 4.39 Å². The lowest BCUT2D eigenvalue weighted by atomic mass is 10.1. The Morgan fingerprint density at radius 3 is 2.12 bits per heavy atom. The summed E-state index contributed by atoms with van der Waals surface area (Å²) in [5, 5.41) is 5.35. The summed E-state index contributed by atoms with van der Waals surface area (Å²) in [5.41, 5.74) is 1.80. The first-order valence-corrected chi connectivity index (χ1v) is 7.55. The Hall–Kier alpha value is -3.41. The van der Waals surface area contributed by atoms with Gasteiger partial charge in [0.2, 0.25) is 0 Å². The summed E-state index contributed by atoms with van der Waals surface area (Å²) in [4.78, 5) is 24.0. The molecule has 0 unspecified atom stereocenters. The van der Waals surface area contributed by atoms with Gasteiger partial charge in [-0.1, -0.05) is 6.07 Å². The highest BCUT2D eigenvalue weighted by molar-refractivity contribution is 6.05. The smallest absolute Gasteiger partial charge is 0.291 e. The molecule has 0 aliphatic rings. The average Bonchev–Trinajstić information content (AvgIpc) is 3.14. The fourth-order valence-corrected chi connectivity index (χ4v) is 2.17. The van der Waals surface area contributed by atoms with Crippen LogP contribution < -0.4 is 10.6 Å². The van der Waals surface area contributed by atoms with Crippen molar-refractivity contribution in [2.45, 2.75) is 6.92 Å². The molecule has 6 heteroatoms. The number of hydrogen-bond donors (Lipinski definition) is 2. The molecular weight excluding hydrogens is 323 g/mol. The second-order valence-corrected chi connectivity index (χ2v) is 5.43. The van der Waals surface area contributed by atoms with Crippen molar-refractivity contribution in [1.29, 1.82) is 0 Å². The molecule has 0 atom stereocenters. The molecule has 0 fully saturated rings. The minimum Gasteiger partial charge on any atom is -0.459 e. The Morgan fingerprint density at radius 2 is 1.56 bits per heavy atom. The molecule has 0 aliphatic heterocycles. The number of carbonyl (C=O) groups is 2. The number of amides is 2. The molecule has 0 spiro atoms. The third kappa shape index (κ3) is 3.92. The van der Waals surface area contributed by atoms with Crippen molar-refractivity contribution < 1.29 is 18.4 Å². The molecule has 0 aliphatic carbocycles. The van der Waals surface area contributed by atoms with Crippen LogP contribution in [0, 0.1) is 12.7 Å². The Balaban J connectivity index is 1.65. The van der Waals surface area contributed by atoms with Gasteiger partial charge in [-0.15, -0.1) is 0 Å². The molecule has 3 aromatic rings. The van der Waals surface area contributed by atoms with Crippen LogP contribution in [0.2, 0.25) is 0 Å². The number of halogens is 1. The Bertz CT molecular complexity index is 903. The number of carbonyl (C=O) groups excluding carboxylic acids is 2. The number of hydrogen-bond acceptors (Lipinski definition) is 3. The maximum absolute atomic E-state index is 13.5. The number of aryl methyl sites for hydroxylation is 1. The summed E-state index contributed by atoms with van der Waals surface area (Å²) in [6, 6.07) is 14.1. The van der Waals surface area contributed by atoms with Crippen molar-refractivity contribution in [2.75, 3.05) is 10.6 Å². The van der Waals surface area contributed by atoms with E-state index in [9.17, 15) is 14.0 Å². The molecule has 2 aromatic carbocycles. The number of nitrogens with one attached hydrogen (secondary N) is 2. The highest BCUT2D eigenvalue weighted by Crippen LogP contribution is 2.17. The van der Waals surface area contributed by atoms with Crippen LogP contribution in [0.1, 0.15) is 26.5 Å². The van der Waals surface area contributed by atoms with E-state index in [4.69, 9.17) is 4.42 Å². The molecule has 0 radical (unpaired) electrons. The van der Waals surface area contributed by atoms with Gasteiger partial charge >= 0.3 is 0 Å². The lowest BCUT2D eigenvalue weighted by Gasteiger charge is -2.08. The van der Waals surface area contributed by atoms with E-state index in [-0.39, 0.29) is 17.2 Å². The van der Waals surface area contributed by atoms with Crippen LogP contribution in [-0.2, 0) is 0 Å². The molecule has 3 rings (SSSR count). The lowest BCUT2D eigenvalue weighted by Crippen LogP contribution is -2.13. The van der Waals surface area contributed by atoms with E-state index in [1.807, 2.05) is 0 Å². The maximum Gasteiger partial charge on any atom is 0.291 e. The van der Waals surface area contributed by atoms with E-state index >= 15 is 0 Å². The monoisotopic (exact) mass is 338 g/mol. The summed E-state index contributed by atoms with van der Waals surface area (Å²) >= 11 is 0. The molecule has 0 bridgehead atoms. The van der Waals surface area contributed by atoms with Crippen LogP contribution in [0.4, 0.5) is 15.8 Å². The molecular formula is C19H15FN2O3. The first-order valence-electron chi connectivity index (χ1n) is 7.55. The molecule has 1 aromatic heterocycles. The maximum atomic E-state index is 13.5. The van der Waals surface area contributed by atoms with Crippen LogP contribution in [0.5, 0.6) is 0 Å². The predicted molar refractivity (Wildman–Crippen MR) is 92.2 cm³/mol. The normalized spacial score (nSPS) is 10.3. The van der Waals surface area contributed by atoms with Gasteiger partial charge in [0.15, 0.2) is 5.76 Å². The molecule has 0 saturated carbocycles. The Labute approximate surface area is 143 Å². The highest BCUT2D eigenvalue weighted by Gasteiger charge is 2.10. The van der Waals surface area contributed by atoms with Crippen LogP contribution in [-0.4, -0.2) is 11.8 Å². The minimum atomic E-state index is -0.427. The zero-order chi connectivity index (χ0) is 17.8. The van der Waals surface area contributed by atoms with Gasteiger partial charge in [-0.05, 0) is 61.0 Å². The Kier molecular flexibility index (Phi) is 4.61. The van der Waals surface area contributed by atoms with Gasteiger partial charge in [-0.3, -0.25) is 9.59 Å². The second kappa shape index (κ2) is 7.00. The third-order valence-corrected chi connectivity index (χ3v) is 3.58. The van der Waals surface area contributed by atoms with Gasteiger partial charge in [-0.2, -0.15) is 0 Å². The summed E-state index contributed by atoms with van der Waals surface area (Å²) in [5.74, 6) is -0.995. The van der Waals surface area contributed by atoms with Crippen LogP contribution in [0.15, 0.2) is 65.3 Å². The first-order chi connectivity index (χ1) is 12.0. The van der Waals surface area contributed by atoms with Crippen LogP contribution in [0.25, 0.3) is 0 Å². The zero-order valence-corrected chi connectivity index (χ0v) is 13.4. The minimum absolute atomic E-state index is 0.207. The predicted octanol–water partition coefficient (Wildman–Crippen LogP) is 4.23. The molecule has 126 valence electrons. The fourth-order valence-electron chi connectivity index (χ4n) is 2.17. The largest absolute Gasteiger partial charge is 0.459 e. The molecule has 0 saturated heterocycles. The van der Waals surface area contributed by atoms with Gasteiger partial charge < -0.3 is 15.1 Å². The van der Waals surface area contributed by atoms with Crippen molar-refractivity contribution in [2.24, 2.45) is 0 Å². The molecule has 25 heavy (non-hydrogen) atoms. The van der Waals surface area contributed by atoms with Gasteiger partial charge in [0.1, 0.15) is 5.82 Å². The summed E-state index contributed by atoms with van der Waals surface area (Å²) in [6.07, 6.45) is 1.42. The standard InChI is InChI=1S/C19H15FN2O3/c1-12-4-5-13(11-16(12)20)18(23)21-14-6-8-15(9-7-14)22-19(24)17-3-2-10-25-17/h2-11H,1H3,(H,21,23)(H,22,24). The van der Waals surface area contributed by atoms with Crippen LogP contribution in [0.3, 0.4) is 0 Å². The van der Waals surface area contributed by atoms with Crippen LogP contribution >= 0.6 is 0 Å². The quantitative estimate of drug-likeness (QED) is 0.748. The first kappa shape index (κ1) is 16.4. The number of rotatable bonds is 4. The van der Waals surface area contributed by atoms with Gasteiger partial charge in [0.05, 0.1) is 6.26 Å². The van der Waals surface area contributed by atoms with Gasteiger partial charge in [0.25, 0.3) is 11.8 Å². The summed E-state index contributed by atoms with van der Waals surface area (Å²) < 4.78 is 18.6. The van der Waals surface area contributed by atoms with E-state index < -0.39 is 11.7 Å². The summed E-state index contributed by atoms with van der Waals surface area (Å²) in [6.45, 7) is 1.63. The summed E-state index contributed by atoms with van der Waals surface area (Å²) in [7, 11) is 0. The number of furan rings is 1. The van der Waals surface area contributed by atoms with Crippen molar-refractivity contribution >= 4 is 23.2 Å². The van der Waals surface area contributed by atoms with E-state index in [1.54, 1.807) is 55.5 Å². The molecule has 2 amide bonds. The number of anilines is 2. The molecule has 1 heterocycles. The highest BCUT2D eigenvalue weighted by atomic mass is 19.1. The fraction of sp³-hybridized carbons (Fsp3) is 0.0526. The second-order valence-electron chi connectivity index (χ2n) is 5.43. The van der Waals surface area contributed by atoms with Crippen molar-refractivity contribution in [3.63, 3.8) is 0 Å². The molecule has 2 N–H and O–H groups in total. The van der Waals surface area contributed by atoms with E-state index in [0.717, 1.165) is 0 Å². The zero-order valence-electron chi connectivity index (χ0n) is 13.4. The van der Waals surface area contributed by atoms with Gasteiger partial charge in [0, 0.05) is 16.9 Å². The average molecular weight is 338 g/mol. The Morgan fingerprint density at radius 1 is 0.920 bits per heavy atom.